The van der Waals surface area contributed by atoms with E-state index in [2.05, 4.69) is 20.9 Å². The van der Waals surface area contributed by atoms with E-state index in [1.54, 1.807) is 12.3 Å². The van der Waals surface area contributed by atoms with Crippen molar-refractivity contribution in [1.29, 1.82) is 0 Å². The minimum Gasteiger partial charge on any atom is -0.508 e. The van der Waals surface area contributed by atoms with Gasteiger partial charge in [0.15, 0.2) is 0 Å². The topological polar surface area (TPSA) is 52.8 Å². The van der Waals surface area contributed by atoms with Crippen molar-refractivity contribution in [2.45, 2.75) is 0 Å². The van der Waals surface area contributed by atoms with Crippen molar-refractivity contribution in [2.24, 2.45) is 4.99 Å². The number of rotatable bonds is 2. The molecular weight excluding hydrogens is 282 g/mol. The second-order valence-corrected chi connectivity index (χ2v) is 4.31. The number of aliphatic imine (C=N–C) groups is 1. The van der Waals surface area contributed by atoms with Crippen molar-refractivity contribution in [3.8, 4) is 11.5 Å². The van der Waals surface area contributed by atoms with Crippen molar-refractivity contribution in [3.05, 3.63) is 52.5 Å². The third-order valence-electron chi connectivity index (χ3n) is 2.21. The zero-order chi connectivity index (χ0) is 12.3. The molecule has 0 aliphatic heterocycles. The molecule has 2 aromatic carbocycles. The molecule has 86 valence electrons. The molecule has 0 bridgehead atoms. The summed E-state index contributed by atoms with van der Waals surface area (Å²) in [7, 11) is 0. The molecule has 0 saturated heterocycles. The maximum absolute atomic E-state index is 9.58. The van der Waals surface area contributed by atoms with E-state index >= 15 is 0 Å². The fourth-order valence-corrected chi connectivity index (χ4v) is 1.72. The molecule has 0 fully saturated rings. The van der Waals surface area contributed by atoms with E-state index < -0.39 is 0 Å². The summed E-state index contributed by atoms with van der Waals surface area (Å²) in [6.07, 6.45) is 1.55. The number of phenolic OH excluding ortho intramolecular Hbond substituents is 2. The maximum atomic E-state index is 9.58. The second-order valence-electron chi connectivity index (χ2n) is 3.45. The Morgan fingerprint density at radius 2 is 1.82 bits per heavy atom. The van der Waals surface area contributed by atoms with Crippen LogP contribution in [0, 0.1) is 0 Å². The SMILES string of the molecule is Oc1ccc(C=Nc2ccccc2Br)c(O)c1. The van der Waals surface area contributed by atoms with Gasteiger partial charge in [0.2, 0.25) is 0 Å². The summed E-state index contributed by atoms with van der Waals surface area (Å²) in [5.74, 6) is 0.0290. The zero-order valence-corrected chi connectivity index (χ0v) is 10.4. The smallest absolute Gasteiger partial charge is 0.128 e. The third kappa shape index (κ3) is 2.85. The average molecular weight is 292 g/mol. The lowest BCUT2D eigenvalue weighted by molar-refractivity contribution is 0.450. The van der Waals surface area contributed by atoms with Gasteiger partial charge in [0, 0.05) is 22.3 Å². The number of nitrogens with zero attached hydrogens (tertiary/aromatic N) is 1. The van der Waals surface area contributed by atoms with Crippen LogP contribution in [0.5, 0.6) is 11.5 Å². The Morgan fingerprint density at radius 3 is 2.53 bits per heavy atom. The number of hydrogen-bond acceptors (Lipinski definition) is 3. The summed E-state index contributed by atoms with van der Waals surface area (Å²) in [5.41, 5.74) is 1.33. The lowest BCUT2D eigenvalue weighted by atomic mass is 10.2. The monoisotopic (exact) mass is 291 g/mol. The molecule has 2 rings (SSSR count). The summed E-state index contributed by atoms with van der Waals surface area (Å²) >= 11 is 3.38. The lowest BCUT2D eigenvalue weighted by Gasteiger charge is -2.00. The highest BCUT2D eigenvalue weighted by Gasteiger charge is 2.00. The van der Waals surface area contributed by atoms with Gasteiger partial charge < -0.3 is 10.2 Å². The molecule has 4 heteroatoms. The van der Waals surface area contributed by atoms with Gasteiger partial charge >= 0.3 is 0 Å². The zero-order valence-electron chi connectivity index (χ0n) is 8.84. The van der Waals surface area contributed by atoms with Gasteiger partial charge in [-0.2, -0.15) is 0 Å². The van der Waals surface area contributed by atoms with Crippen LogP contribution in [0.4, 0.5) is 5.69 Å². The first-order valence-corrected chi connectivity index (χ1v) is 5.77. The Hall–Kier alpha value is -1.81. The van der Waals surface area contributed by atoms with E-state index in [0.717, 1.165) is 10.2 Å². The summed E-state index contributed by atoms with van der Waals surface area (Å²) in [5, 5.41) is 18.7. The molecule has 0 atom stereocenters. The van der Waals surface area contributed by atoms with Crippen LogP contribution in [0.25, 0.3) is 0 Å². The molecule has 0 unspecified atom stereocenters. The minimum absolute atomic E-state index is 0.000744. The number of halogens is 1. The highest BCUT2D eigenvalue weighted by molar-refractivity contribution is 9.10. The third-order valence-corrected chi connectivity index (χ3v) is 2.88. The van der Waals surface area contributed by atoms with E-state index in [1.807, 2.05) is 24.3 Å². The fraction of sp³-hybridized carbons (Fsp3) is 0. The molecule has 0 aliphatic carbocycles. The first kappa shape index (κ1) is 11.7. The Kier molecular flexibility index (Phi) is 3.44. The number of para-hydroxylation sites is 1. The Balaban J connectivity index is 2.29. The van der Waals surface area contributed by atoms with Crippen LogP contribution >= 0.6 is 15.9 Å². The van der Waals surface area contributed by atoms with E-state index in [-0.39, 0.29) is 11.5 Å². The number of benzene rings is 2. The second kappa shape index (κ2) is 5.01. The van der Waals surface area contributed by atoms with Crippen molar-refractivity contribution >= 4 is 27.8 Å². The molecule has 3 nitrogen and oxygen atoms in total. The van der Waals surface area contributed by atoms with Crippen LogP contribution in [0.3, 0.4) is 0 Å². The van der Waals surface area contributed by atoms with Gasteiger partial charge in [-0.25, -0.2) is 0 Å². The summed E-state index contributed by atoms with van der Waals surface area (Å²) < 4.78 is 0.884. The van der Waals surface area contributed by atoms with E-state index in [1.165, 1.54) is 12.1 Å². The van der Waals surface area contributed by atoms with Gasteiger partial charge in [-0.15, -0.1) is 0 Å². The van der Waals surface area contributed by atoms with E-state index in [0.29, 0.717) is 5.56 Å². The molecule has 0 amide bonds. The van der Waals surface area contributed by atoms with Crippen molar-refractivity contribution in [1.82, 2.24) is 0 Å². The van der Waals surface area contributed by atoms with Gasteiger partial charge in [-0.1, -0.05) is 12.1 Å². The van der Waals surface area contributed by atoms with E-state index in [9.17, 15) is 5.11 Å². The average Bonchev–Trinajstić information content (AvgIpc) is 2.30. The van der Waals surface area contributed by atoms with Gasteiger partial charge in [-0.05, 0) is 40.2 Å². The molecule has 0 radical (unpaired) electrons. The Labute approximate surface area is 107 Å². The van der Waals surface area contributed by atoms with Crippen LogP contribution < -0.4 is 0 Å². The molecule has 0 heterocycles. The van der Waals surface area contributed by atoms with Crippen molar-refractivity contribution in [2.75, 3.05) is 0 Å². The Morgan fingerprint density at radius 1 is 1.06 bits per heavy atom. The number of aromatic hydroxyl groups is 2. The first-order chi connectivity index (χ1) is 8.16. The predicted octanol–water partition coefficient (Wildman–Crippen LogP) is 3.61. The molecular formula is C13H10BrNO2. The van der Waals surface area contributed by atoms with Gasteiger partial charge in [-0.3, -0.25) is 4.99 Å². The van der Waals surface area contributed by atoms with Crippen LogP contribution in [-0.4, -0.2) is 16.4 Å². The van der Waals surface area contributed by atoms with Crippen molar-refractivity contribution in [3.63, 3.8) is 0 Å². The summed E-state index contributed by atoms with van der Waals surface area (Å²) in [4.78, 5) is 4.25. The van der Waals surface area contributed by atoms with Gasteiger partial charge in [0.05, 0.1) is 5.69 Å². The van der Waals surface area contributed by atoms with Gasteiger partial charge in [0.25, 0.3) is 0 Å². The highest BCUT2D eigenvalue weighted by Crippen LogP contribution is 2.26. The van der Waals surface area contributed by atoms with Crippen LogP contribution in [0.15, 0.2) is 51.9 Å². The van der Waals surface area contributed by atoms with E-state index in [4.69, 9.17) is 5.11 Å². The molecule has 0 saturated carbocycles. The highest BCUT2D eigenvalue weighted by atomic mass is 79.9. The van der Waals surface area contributed by atoms with Gasteiger partial charge in [0.1, 0.15) is 11.5 Å². The lowest BCUT2D eigenvalue weighted by Crippen LogP contribution is -1.81. The fourth-order valence-electron chi connectivity index (χ4n) is 1.34. The molecule has 2 N–H and O–H groups in total. The van der Waals surface area contributed by atoms with Crippen LogP contribution in [0.1, 0.15) is 5.56 Å². The first-order valence-electron chi connectivity index (χ1n) is 4.97. The number of phenols is 2. The molecule has 0 aliphatic rings. The molecule has 0 aromatic heterocycles. The summed E-state index contributed by atoms with van der Waals surface area (Å²) in [6.45, 7) is 0. The summed E-state index contributed by atoms with van der Waals surface area (Å²) in [6, 6.07) is 11.9. The standard InChI is InChI=1S/C13H10BrNO2/c14-11-3-1-2-4-12(11)15-8-9-5-6-10(16)7-13(9)17/h1-8,16-17H. The maximum Gasteiger partial charge on any atom is 0.128 e. The van der Waals surface area contributed by atoms with Crippen molar-refractivity contribution < 1.29 is 10.2 Å². The predicted molar refractivity (Wildman–Crippen MR) is 71.2 cm³/mol. The minimum atomic E-state index is 0.000744. The normalized spacial score (nSPS) is 10.9. The quantitative estimate of drug-likeness (QED) is 0.831. The molecule has 2 aromatic rings. The van der Waals surface area contributed by atoms with Crippen LogP contribution in [-0.2, 0) is 0 Å². The largest absolute Gasteiger partial charge is 0.508 e. The molecule has 17 heavy (non-hydrogen) atoms. The molecule has 0 spiro atoms. The Bertz CT molecular complexity index is 567. The number of hydrogen-bond donors (Lipinski definition) is 2. The van der Waals surface area contributed by atoms with Crippen LogP contribution in [0.2, 0.25) is 0 Å².